The fourth-order valence-electron chi connectivity index (χ4n) is 13.3. The molecule has 0 aliphatic carbocycles. The Hall–Kier alpha value is -10.8. The van der Waals surface area contributed by atoms with E-state index in [2.05, 4.69) is 263 Å². The number of pyridine rings is 2. The molecule has 10 heteroatoms. The molecule has 0 saturated carbocycles. The summed E-state index contributed by atoms with van der Waals surface area (Å²) in [6.07, 6.45) is 8.71. The van der Waals surface area contributed by atoms with Gasteiger partial charge in [0.15, 0.2) is 0 Å². The van der Waals surface area contributed by atoms with Crippen LogP contribution in [0.15, 0.2) is 194 Å². The molecule has 0 amide bonds. The van der Waals surface area contributed by atoms with Crippen LogP contribution in [-0.2, 0) is 21.7 Å². The number of H-pyrrole nitrogens is 2. The average Bonchev–Trinajstić information content (AvgIpc) is 1.49. The maximum absolute atomic E-state index is 6.41. The molecule has 0 radical (unpaired) electrons. The summed E-state index contributed by atoms with van der Waals surface area (Å²) in [5.41, 5.74) is 24.9. The van der Waals surface area contributed by atoms with Crippen molar-refractivity contribution in [3.05, 3.63) is 239 Å². The lowest BCUT2D eigenvalue weighted by Crippen LogP contribution is -2.16. The minimum absolute atomic E-state index is 0.135. The van der Waals surface area contributed by atoms with Crippen LogP contribution in [0.2, 0.25) is 0 Å². The Labute approximate surface area is 574 Å². The van der Waals surface area contributed by atoms with Crippen LogP contribution in [0, 0.1) is 0 Å². The van der Waals surface area contributed by atoms with Crippen molar-refractivity contribution in [3.63, 3.8) is 0 Å². The first-order chi connectivity index (χ1) is 47.0. The van der Waals surface area contributed by atoms with E-state index in [0.29, 0.717) is 26.4 Å². The van der Waals surface area contributed by atoms with Gasteiger partial charge in [0, 0.05) is 66.2 Å². The molecule has 7 aromatic carbocycles. The van der Waals surface area contributed by atoms with Gasteiger partial charge in [0.1, 0.15) is 49.4 Å². The van der Waals surface area contributed by atoms with Crippen LogP contribution >= 0.6 is 0 Å². The van der Waals surface area contributed by atoms with E-state index in [1.54, 1.807) is 0 Å². The number of aromatic nitrogens is 6. The van der Waals surface area contributed by atoms with E-state index in [-0.39, 0.29) is 21.7 Å². The summed E-state index contributed by atoms with van der Waals surface area (Å²) in [7, 11) is 0. The highest BCUT2D eigenvalue weighted by Crippen LogP contribution is 2.44. The van der Waals surface area contributed by atoms with Crippen molar-refractivity contribution in [2.75, 3.05) is 26.4 Å². The van der Waals surface area contributed by atoms with Crippen LogP contribution in [0.4, 0.5) is 0 Å². The molecular formula is C88H82N6O4. The third-order valence-electron chi connectivity index (χ3n) is 19.0. The van der Waals surface area contributed by atoms with Crippen LogP contribution in [0.5, 0.6) is 23.0 Å². The van der Waals surface area contributed by atoms with Gasteiger partial charge in [-0.1, -0.05) is 168 Å². The van der Waals surface area contributed by atoms with Crippen LogP contribution in [0.25, 0.3) is 135 Å². The lowest BCUT2D eigenvalue weighted by atomic mass is 9.79. The second-order valence-electron chi connectivity index (χ2n) is 30.2. The van der Waals surface area contributed by atoms with Gasteiger partial charge >= 0.3 is 0 Å². The molecule has 21 rings (SSSR count). The first-order valence-electron chi connectivity index (χ1n) is 34.1. The Morgan fingerprint density at radius 2 is 0.520 bits per heavy atom. The first-order valence-corrected chi connectivity index (χ1v) is 34.1. The molecule has 0 saturated heterocycles. The predicted octanol–water partition coefficient (Wildman–Crippen LogP) is 22.2. The summed E-state index contributed by atoms with van der Waals surface area (Å²) in [6, 6.07) is 68.4. The molecule has 12 aromatic rings. The standard InChI is InChI=1S/C88H82N6O4/c1-85(2,3)61-47-59(48-62(51-61)86(4,5)6)81-75-39-37-73(90-75)79-55-19-29-67(30-20-55)97-45-43-95-65-25-15-53(16-26-65)69-33-23-57-13-14-58-24-34-70(94-84(58)83(57)93-69)54-17-27-66(28-18-54)96-44-46-98-68-31-21-56(22-32-68)80(72-36-35-71(79)89-72)74-38-40-76(91-74)82(78-42-41-77(81)92-78)60-49-63(87(7,8)9)52-64(50-60)88(10,11)12/h13-42,47-52,89,92H,43-46H2,1-12H3. The Kier molecular flexibility index (Phi) is 15.9. The van der Waals surface area contributed by atoms with E-state index < -0.39 is 0 Å². The summed E-state index contributed by atoms with van der Waals surface area (Å²) < 4.78 is 25.4. The van der Waals surface area contributed by atoms with Crippen LogP contribution in [-0.4, -0.2) is 56.3 Å². The maximum Gasteiger partial charge on any atom is 0.122 e. The zero-order chi connectivity index (χ0) is 67.8. The average molecular weight is 1290 g/mol. The van der Waals surface area contributed by atoms with Crippen molar-refractivity contribution in [2.24, 2.45) is 0 Å². The van der Waals surface area contributed by atoms with Gasteiger partial charge in [0.2, 0.25) is 0 Å². The number of rotatable bonds is 2. The zero-order valence-corrected chi connectivity index (χ0v) is 58.0. The van der Waals surface area contributed by atoms with Gasteiger partial charge in [0.25, 0.3) is 0 Å². The van der Waals surface area contributed by atoms with Crippen molar-refractivity contribution in [2.45, 2.75) is 105 Å². The van der Waals surface area contributed by atoms with Gasteiger partial charge in [-0.25, -0.2) is 19.9 Å². The molecule has 0 atom stereocenters. The van der Waals surface area contributed by atoms with Gasteiger partial charge in [0.05, 0.1) is 45.2 Å². The zero-order valence-electron chi connectivity index (χ0n) is 58.0. The number of ether oxygens (including phenoxy) is 4. The summed E-state index contributed by atoms with van der Waals surface area (Å²) in [5.74, 6) is 2.93. The SMILES string of the molecule is CC(C)(C)c1cc(-c2c3nc(c4c5ccc([nH]5)c(c5nc(c(-c6cc(C(C)(C)C)cc(C(C)(C)C)c6)c6ccc2[nH]6)C=C5)-c2ccc(cc2)OCCOc2ccc(cc2)-c2ccc5ccc6ccc(nc6c5n2)-c2ccc(cc2)OCCOc2ccc-4cc2)C=C3)cc(C(C)(C)C)c1. The smallest absolute Gasteiger partial charge is 0.122 e. The molecule has 10 nitrogen and oxygen atoms in total. The quantitative estimate of drug-likeness (QED) is 0.164. The van der Waals surface area contributed by atoms with Crippen molar-refractivity contribution in [1.29, 1.82) is 0 Å². The molecule has 5 aromatic heterocycles. The maximum atomic E-state index is 6.41. The second kappa shape index (κ2) is 24.7. The molecule has 9 aliphatic rings. The largest absolute Gasteiger partial charge is 0.490 e. The van der Waals surface area contributed by atoms with Crippen LogP contribution in [0.3, 0.4) is 0 Å². The van der Waals surface area contributed by atoms with E-state index in [1.807, 2.05) is 48.5 Å². The van der Waals surface area contributed by atoms with Gasteiger partial charge < -0.3 is 28.9 Å². The number of nitrogens with zero attached hydrogens (tertiary/aromatic N) is 4. The van der Waals surface area contributed by atoms with Crippen molar-refractivity contribution in [3.8, 4) is 90.0 Å². The Morgan fingerprint density at radius 3 is 0.796 bits per heavy atom. The molecule has 98 heavy (non-hydrogen) atoms. The predicted molar refractivity (Wildman–Crippen MR) is 405 cm³/mol. The van der Waals surface area contributed by atoms with E-state index in [0.717, 1.165) is 157 Å². The lowest BCUT2D eigenvalue weighted by molar-refractivity contribution is 0.217. The molecule has 488 valence electrons. The Bertz CT molecular complexity index is 4940. The van der Waals surface area contributed by atoms with Crippen molar-refractivity contribution < 1.29 is 18.9 Å². The number of hydrogen-bond acceptors (Lipinski definition) is 8. The molecule has 2 N–H and O–H groups in total. The van der Waals surface area contributed by atoms with Gasteiger partial charge in [-0.3, -0.25) is 0 Å². The molecule has 0 spiro atoms. The highest BCUT2D eigenvalue weighted by molar-refractivity contribution is 6.05. The molecule has 9 aliphatic heterocycles. The van der Waals surface area contributed by atoms with Gasteiger partial charge in [-0.2, -0.15) is 0 Å². The Morgan fingerprint density at radius 1 is 0.265 bits per heavy atom. The van der Waals surface area contributed by atoms with E-state index in [1.165, 1.54) is 22.3 Å². The monoisotopic (exact) mass is 1290 g/mol. The fraction of sp³-hybridized carbons (Fsp3) is 0.227. The van der Waals surface area contributed by atoms with Crippen molar-refractivity contribution in [1.82, 2.24) is 29.9 Å². The number of fused-ring (bicyclic) bond motifs is 6. The van der Waals surface area contributed by atoms with Crippen LogP contribution in [0.1, 0.15) is 128 Å². The summed E-state index contributed by atoms with van der Waals surface area (Å²) in [4.78, 5) is 30.0. The van der Waals surface area contributed by atoms with Crippen LogP contribution < -0.4 is 18.9 Å². The fourth-order valence-corrected chi connectivity index (χ4v) is 13.3. The normalized spacial score (nSPS) is 13.6. The first kappa shape index (κ1) is 63.2. The molecule has 0 unspecified atom stereocenters. The highest BCUT2D eigenvalue weighted by atomic mass is 16.5. The summed E-state index contributed by atoms with van der Waals surface area (Å²) in [5, 5.41) is 2.04. The van der Waals surface area contributed by atoms with Gasteiger partial charge in [-0.05, 0) is 200 Å². The topological polar surface area (TPSA) is 120 Å². The summed E-state index contributed by atoms with van der Waals surface area (Å²) in [6.45, 7) is 29.0. The minimum Gasteiger partial charge on any atom is -0.490 e. The number of nitrogens with one attached hydrogen (secondary N) is 2. The third-order valence-corrected chi connectivity index (χ3v) is 19.0. The second-order valence-corrected chi connectivity index (χ2v) is 30.2. The minimum atomic E-state index is -0.135. The number of hydrogen-bond donors (Lipinski definition) is 2. The molecule has 22 bridgehead atoms. The summed E-state index contributed by atoms with van der Waals surface area (Å²) >= 11 is 0. The molecule has 14 heterocycles. The molecule has 0 fully saturated rings. The van der Waals surface area contributed by atoms with Gasteiger partial charge in [-0.15, -0.1) is 0 Å². The molecular weight excluding hydrogens is 1210 g/mol. The van der Waals surface area contributed by atoms with E-state index in [9.17, 15) is 0 Å². The number of benzene rings is 7. The van der Waals surface area contributed by atoms with E-state index >= 15 is 0 Å². The Balaban J connectivity index is 0.907. The highest BCUT2D eigenvalue weighted by Gasteiger charge is 2.27. The van der Waals surface area contributed by atoms with Crippen molar-refractivity contribution >= 4 is 68.2 Å². The third kappa shape index (κ3) is 12.7. The van der Waals surface area contributed by atoms with E-state index in [4.69, 9.17) is 38.9 Å². The number of aromatic amines is 2. The lowest BCUT2D eigenvalue weighted by Gasteiger charge is -2.26.